The van der Waals surface area contributed by atoms with Crippen molar-refractivity contribution in [3.8, 4) is 22.7 Å². The highest BCUT2D eigenvalue weighted by Gasteiger charge is 2.29. The quantitative estimate of drug-likeness (QED) is 0.685. The van der Waals surface area contributed by atoms with Crippen molar-refractivity contribution in [3.05, 3.63) is 54.6 Å². The molecular weight excluding hydrogens is 348 g/mol. The second kappa shape index (κ2) is 6.76. The molecular formula is C20H22N2O3S. The average Bonchev–Trinajstić information content (AvgIpc) is 3.34. The van der Waals surface area contributed by atoms with E-state index in [1.54, 1.807) is 6.33 Å². The van der Waals surface area contributed by atoms with E-state index >= 15 is 0 Å². The molecule has 0 N–H and O–H groups in total. The zero-order valence-electron chi connectivity index (χ0n) is 14.8. The van der Waals surface area contributed by atoms with Crippen LogP contribution < -0.4 is 0 Å². The molecule has 4 rings (SSSR count). The molecule has 6 heteroatoms. The Hall–Kier alpha value is -2.34. The number of rotatable bonds is 5. The summed E-state index contributed by atoms with van der Waals surface area (Å²) in [7, 11) is -2.90. The third kappa shape index (κ3) is 3.33. The van der Waals surface area contributed by atoms with Crippen molar-refractivity contribution in [1.82, 2.24) is 9.55 Å². The Labute approximate surface area is 153 Å². The Morgan fingerprint density at radius 1 is 1.19 bits per heavy atom. The van der Waals surface area contributed by atoms with Crippen molar-refractivity contribution >= 4 is 9.84 Å². The Balaban J connectivity index is 1.75. The van der Waals surface area contributed by atoms with Gasteiger partial charge in [0.2, 0.25) is 0 Å². The fourth-order valence-electron chi connectivity index (χ4n) is 3.58. The van der Waals surface area contributed by atoms with E-state index in [0.29, 0.717) is 13.0 Å². The van der Waals surface area contributed by atoms with Gasteiger partial charge in [0, 0.05) is 18.5 Å². The topological polar surface area (TPSA) is 65.1 Å². The van der Waals surface area contributed by atoms with Crippen molar-refractivity contribution in [2.24, 2.45) is 5.92 Å². The van der Waals surface area contributed by atoms with Crippen LogP contribution in [0, 0.1) is 5.92 Å². The van der Waals surface area contributed by atoms with E-state index in [0.717, 1.165) is 34.9 Å². The van der Waals surface area contributed by atoms with Crippen molar-refractivity contribution in [3.63, 3.8) is 0 Å². The van der Waals surface area contributed by atoms with Gasteiger partial charge >= 0.3 is 0 Å². The van der Waals surface area contributed by atoms with Crippen LogP contribution in [0.1, 0.15) is 19.1 Å². The largest absolute Gasteiger partial charge is 0.459 e. The summed E-state index contributed by atoms with van der Waals surface area (Å²) >= 11 is 0. The number of imidazole rings is 1. The molecule has 1 aliphatic heterocycles. The minimum Gasteiger partial charge on any atom is -0.459 e. The van der Waals surface area contributed by atoms with Gasteiger partial charge in [0.15, 0.2) is 15.6 Å². The molecule has 26 heavy (non-hydrogen) atoms. The summed E-state index contributed by atoms with van der Waals surface area (Å²) in [5.74, 6) is 2.36. The summed E-state index contributed by atoms with van der Waals surface area (Å²) in [6, 6.07) is 14.0. The first kappa shape index (κ1) is 17.1. The van der Waals surface area contributed by atoms with Gasteiger partial charge in [-0.15, -0.1) is 0 Å². The fourth-order valence-corrected chi connectivity index (χ4v) is 5.43. The van der Waals surface area contributed by atoms with Gasteiger partial charge in [-0.2, -0.15) is 0 Å². The monoisotopic (exact) mass is 370 g/mol. The van der Waals surface area contributed by atoms with Crippen LogP contribution in [0.15, 0.2) is 53.2 Å². The zero-order valence-corrected chi connectivity index (χ0v) is 15.6. The number of benzene rings is 1. The molecule has 0 saturated carbocycles. The van der Waals surface area contributed by atoms with Crippen LogP contribution >= 0.6 is 0 Å². The van der Waals surface area contributed by atoms with E-state index in [9.17, 15) is 8.42 Å². The predicted octanol–water partition coefficient (Wildman–Crippen LogP) is 3.81. The third-order valence-corrected chi connectivity index (χ3v) is 6.75. The Morgan fingerprint density at radius 3 is 2.65 bits per heavy atom. The lowest BCUT2D eigenvalue weighted by molar-refractivity contribution is 0.482. The van der Waals surface area contributed by atoms with E-state index in [1.807, 2.05) is 47.0 Å². The molecule has 0 spiro atoms. The van der Waals surface area contributed by atoms with Crippen LogP contribution in [0.5, 0.6) is 0 Å². The number of sulfone groups is 1. The standard InChI is InChI=1S/C20H22N2O3S/c1-2-17-8-9-18(25-17)20-19(16-6-4-3-5-7-16)21-14-22(20)12-15-10-11-26(23,24)13-15/h3-9,14-15H,2,10-13H2,1H3/t15-/m1/s1. The molecule has 0 unspecified atom stereocenters. The number of aromatic nitrogens is 2. The molecule has 1 aromatic carbocycles. The normalized spacial score (nSPS) is 19.0. The fraction of sp³-hybridized carbons (Fsp3) is 0.350. The number of hydrogen-bond acceptors (Lipinski definition) is 4. The van der Waals surface area contributed by atoms with Crippen LogP contribution in [0.4, 0.5) is 0 Å². The molecule has 3 heterocycles. The number of furan rings is 1. The summed E-state index contributed by atoms with van der Waals surface area (Å²) in [6.07, 6.45) is 3.34. The van der Waals surface area contributed by atoms with Crippen LogP contribution in [0.3, 0.4) is 0 Å². The van der Waals surface area contributed by atoms with E-state index in [-0.39, 0.29) is 17.4 Å². The van der Waals surface area contributed by atoms with Crippen molar-refractivity contribution in [2.45, 2.75) is 26.3 Å². The molecule has 1 saturated heterocycles. The minimum absolute atomic E-state index is 0.122. The summed E-state index contributed by atoms with van der Waals surface area (Å²) < 4.78 is 31.7. The van der Waals surface area contributed by atoms with E-state index in [4.69, 9.17) is 4.42 Å². The van der Waals surface area contributed by atoms with Gasteiger partial charge in [0.05, 0.1) is 23.5 Å². The summed E-state index contributed by atoms with van der Waals surface area (Å²) in [5.41, 5.74) is 2.80. The van der Waals surface area contributed by atoms with Gasteiger partial charge in [0.25, 0.3) is 0 Å². The molecule has 0 amide bonds. The smallest absolute Gasteiger partial charge is 0.152 e. The Bertz CT molecular complexity index is 1000. The number of nitrogens with zero attached hydrogens (tertiary/aromatic N) is 2. The number of hydrogen-bond donors (Lipinski definition) is 0. The maximum atomic E-state index is 11.8. The lowest BCUT2D eigenvalue weighted by atomic mass is 10.1. The maximum absolute atomic E-state index is 11.8. The van der Waals surface area contributed by atoms with E-state index in [1.165, 1.54) is 0 Å². The number of aryl methyl sites for hydroxylation is 1. The molecule has 5 nitrogen and oxygen atoms in total. The van der Waals surface area contributed by atoms with Gasteiger partial charge in [-0.1, -0.05) is 37.3 Å². The van der Waals surface area contributed by atoms with Crippen molar-refractivity contribution in [2.75, 3.05) is 11.5 Å². The summed E-state index contributed by atoms with van der Waals surface area (Å²) in [5, 5.41) is 0. The van der Waals surface area contributed by atoms with Crippen molar-refractivity contribution in [1.29, 1.82) is 0 Å². The molecule has 1 aliphatic rings. The average molecular weight is 370 g/mol. The van der Waals surface area contributed by atoms with E-state index < -0.39 is 9.84 Å². The molecule has 2 aromatic heterocycles. The van der Waals surface area contributed by atoms with Gasteiger partial charge in [-0.25, -0.2) is 13.4 Å². The maximum Gasteiger partial charge on any atom is 0.152 e. The molecule has 1 atom stereocenters. The molecule has 0 bridgehead atoms. The van der Waals surface area contributed by atoms with Crippen LogP contribution in [0.2, 0.25) is 0 Å². The highest BCUT2D eigenvalue weighted by molar-refractivity contribution is 7.91. The van der Waals surface area contributed by atoms with Crippen LogP contribution in [0.25, 0.3) is 22.7 Å². The minimum atomic E-state index is -2.90. The zero-order chi connectivity index (χ0) is 18.1. The first-order chi connectivity index (χ1) is 12.6. The lowest BCUT2D eigenvalue weighted by Gasteiger charge is -2.12. The summed E-state index contributed by atoms with van der Waals surface area (Å²) in [4.78, 5) is 4.63. The third-order valence-electron chi connectivity index (χ3n) is 4.91. The second-order valence-electron chi connectivity index (χ2n) is 6.85. The molecule has 1 fully saturated rings. The highest BCUT2D eigenvalue weighted by atomic mass is 32.2. The van der Waals surface area contributed by atoms with Gasteiger partial charge in [-0.05, 0) is 24.5 Å². The first-order valence-electron chi connectivity index (χ1n) is 8.96. The van der Waals surface area contributed by atoms with Crippen LogP contribution in [-0.2, 0) is 22.8 Å². The van der Waals surface area contributed by atoms with Crippen molar-refractivity contribution < 1.29 is 12.8 Å². The molecule has 3 aromatic rings. The van der Waals surface area contributed by atoms with E-state index in [2.05, 4.69) is 11.9 Å². The van der Waals surface area contributed by atoms with Gasteiger partial charge < -0.3 is 8.98 Å². The Morgan fingerprint density at radius 2 is 2.00 bits per heavy atom. The SMILES string of the molecule is CCc1ccc(-c2c(-c3ccccc3)ncn2C[C@H]2CCS(=O)(=O)C2)o1. The molecule has 0 aliphatic carbocycles. The molecule has 136 valence electrons. The second-order valence-corrected chi connectivity index (χ2v) is 9.08. The van der Waals surface area contributed by atoms with Crippen LogP contribution in [-0.4, -0.2) is 29.5 Å². The highest BCUT2D eigenvalue weighted by Crippen LogP contribution is 2.34. The van der Waals surface area contributed by atoms with Gasteiger partial charge in [-0.3, -0.25) is 0 Å². The Kier molecular flexibility index (Phi) is 4.44. The summed E-state index contributed by atoms with van der Waals surface area (Å²) in [6.45, 7) is 2.69. The molecule has 0 radical (unpaired) electrons. The first-order valence-corrected chi connectivity index (χ1v) is 10.8. The predicted molar refractivity (Wildman–Crippen MR) is 102 cm³/mol. The van der Waals surface area contributed by atoms with Gasteiger partial charge in [0.1, 0.15) is 11.5 Å². The lowest BCUT2D eigenvalue weighted by Crippen LogP contribution is -2.12.